The summed E-state index contributed by atoms with van der Waals surface area (Å²) in [5, 5.41) is 3.88. The number of hydrogen-bond donors (Lipinski definition) is 0. The fourth-order valence-corrected chi connectivity index (χ4v) is 1.95. The van der Waals surface area contributed by atoms with Crippen LogP contribution in [0.25, 0.3) is 11.6 Å². The number of carbonyl (C=O) groups excluding carboxylic acids is 1. The molecule has 0 saturated heterocycles. The Bertz CT molecular complexity index is 586. The van der Waals surface area contributed by atoms with E-state index in [4.69, 9.17) is 13.7 Å². The van der Waals surface area contributed by atoms with E-state index in [2.05, 4.69) is 10.1 Å². The monoisotopic (exact) mass is 278 g/mol. The Morgan fingerprint density at radius 3 is 2.75 bits per heavy atom. The summed E-state index contributed by atoms with van der Waals surface area (Å²) in [4.78, 5) is 16.2. The van der Waals surface area contributed by atoms with Gasteiger partial charge in [-0.25, -0.2) is 0 Å². The minimum absolute atomic E-state index is 0.0000444. The molecule has 0 amide bonds. The van der Waals surface area contributed by atoms with Gasteiger partial charge in [0.25, 0.3) is 0 Å². The van der Waals surface area contributed by atoms with Crippen LogP contribution < -0.4 is 0 Å². The van der Waals surface area contributed by atoms with Crippen LogP contribution >= 0.6 is 0 Å². The van der Waals surface area contributed by atoms with E-state index < -0.39 is 5.92 Å². The highest BCUT2D eigenvalue weighted by Gasteiger charge is 2.31. The molecule has 0 N–H and O–H groups in total. The average molecular weight is 278 g/mol. The van der Waals surface area contributed by atoms with Crippen molar-refractivity contribution in [2.75, 3.05) is 6.61 Å². The second kappa shape index (κ2) is 5.90. The summed E-state index contributed by atoms with van der Waals surface area (Å²) in [5.74, 6) is 0.230. The van der Waals surface area contributed by atoms with Crippen LogP contribution in [0.1, 0.15) is 38.1 Å². The maximum absolute atomic E-state index is 12.0. The van der Waals surface area contributed by atoms with Gasteiger partial charge in [0.1, 0.15) is 5.92 Å². The largest absolute Gasteiger partial charge is 0.465 e. The topological polar surface area (TPSA) is 78.4 Å². The van der Waals surface area contributed by atoms with Crippen LogP contribution in [0.15, 0.2) is 21.3 Å². The highest BCUT2D eigenvalue weighted by atomic mass is 16.5. The summed E-state index contributed by atoms with van der Waals surface area (Å²) in [6, 6.07) is 1.82. The third-order valence-electron chi connectivity index (χ3n) is 2.98. The third-order valence-corrected chi connectivity index (χ3v) is 2.98. The van der Waals surface area contributed by atoms with Crippen LogP contribution in [-0.4, -0.2) is 22.7 Å². The maximum atomic E-state index is 12.0. The van der Waals surface area contributed by atoms with Gasteiger partial charge in [0, 0.05) is 0 Å². The maximum Gasteiger partial charge on any atom is 0.318 e. The highest BCUT2D eigenvalue weighted by Crippen LogP contribution is 2.28. The van der Waals surface area contributed by atoms with Crippen molar-refractivity contribution in [3.63, 3.8) is 0 Å². The molecule has 0 bridgehead atoms. The molecular weight excluding hydrogens is 260 g/mol. The van der Waals surface area contributed by atoms with Crippen molar-refractivity contribution in [3.8, 4) is 11.6 Å². The quantitative estimate of drug-likeness (QED) is 0.782. The average Bonchev–Trinajstić information content (AvgIpc) is 2.98. The van der Waals surface area contributed by atoms with Crippen LogP contribution in [0.4, 0.5) is 0 Å². The molecule has 2 aromatic rings. The molecule has 20 heavy (non-hydrogen) atoms. The van der Waals surface area contributed by atoms with Crippen LogP contribution in [-0.2, 0) is 9.53 Å². The lowest BCUT2D eigenvalue weighted by Crippen LogP contribution is -2.21. The predicted molar refractivity (Wildman–Crippen MR) is 70.9 cm³/mol. The first kappa shape index (κ1) is 14.3. The second-order valence-electron chi connectivity index (χ2n) is 4.86. The number of carbonyl (C=O) groups is 1. The molecule has 0 aromatic carbocycles. The summed E-state index contributed by atoms with van der Waals surface area (Å²) in [6.07, 6.45) is 1.56. The van der Waals surface area contributed by atoms with E-state index in [0.29, 0.717) is 18.2 Å². The summed E-state index contributed by atoms with van der Waals surface area (Å²) in [5.41, 5.74) is 0.912. The number of rotatable bonds is 5. The lowest BCUT2D eigenvalue weighted by atomic mass is 9.96. The standard InChI is InChI=1S/C14H18N2O4/c1-5-18-14(17)10(8(2)3)13-15-12(16-20-13)11-9(4)6-7-19-11/h6-8,10H,5H2,1-4H3. The molecule has 2 rings (SSSR count). The third kappa shape index (κ3) is 2.74. The molecule has 1 atom stereocenters. The first-order chi connectivity index (χ1) is 9.54. The van der Waals surface area contributed by atoms with Crippen LogP contribution in [0.3, 0.4) is 0 Å². The molecule has 2 heterocycles. The van der Waals surface area contributed by atoms with Gasteiger partial charge in [-0.1, -0.05) is 19.0 Å². The minimum Gasteiger partial charge on any atom is -0.465 e. The van der Waals surface area contributed by atoms with Gasteiger partial charge in [-0.15, -0.1) is 0 Å². The Labute approximate surface area is 117 Å². The molecule has 2 aromatic heterocycles. The van der Waals surface area contributed by atoms with E-state index in [-0.39, 0.29) is 17.8 Å². The summed E-state index contributed by atoms with van der Waals surface area (Å²) in [6.45, 7) is 7.79. The number of esters is 1. The number of nitrogens with zero attached hydrogens (tertiary/aromatic N) is 2. The van der Waals surface area contributed by atoms with Crippen LogP contribution in [0.2, 0.25) is 0 Å². The number of aromatic nitrogens is 2. The summed E-state index contributed by atoms with van der Waals surface area (Å²) in [7, 11) is 0. The number of aryl methyl sites for hydroxylation is 1. The van der Waals surface area contributed by atoms with E-state index in [0.717, 1.165) is 5.56 Å². The van der Waals surface area contributed by atoms with Gasteiger partial charge in [-0.2, -0.15) is 4.98 Å². The highest BCUT2D eigenvalue weighted by molar-refractivity contribution is 5.77. The summed E-state index contributed by atoms with van der Waals surface area (Å²) >= 11 is 0. The van der Waals surface area contributed by atoms with Crippen molar-refractivity contribution >= 4 is 5.97 Å². The Hall–Kier alpha value is -2.11. The molecule has 0 aliphatic rings. The SMILES string of the molecule is CCOC(=O)C(c1nc(-c2occc2C)no1)C(C)C. The van der Waals surface area contributed by atoms with E-state index in [1.165, 1.54) is 0 Å². The van der Waals surface area contributed by atoms with Crippen molar-refractivity contribution < 1.29 is 18.5 Å². The van der Waals surface area contributed by atoms with Crippen LogP contribution in [0, 0.1) is 12.8 Å². The lowest BCUT2D eigenvalue weighted by molar-refractivity contribution is -0.146. The molecule has 6 heteroatoms. The minimum atomic E-state index is -0.563. The van der Waals surface area contributed by atoms with E-state index in [9.17, 15) is 4.79 Å². The predicted octanol–water partition coefficient (Wildman–Crippen LogP) is 2.94. The van der Waals surface area contributed by atoms with Crippen molar-refractivity contribution in [1.29, 1.82) is 0 Å². The molecule has 1 unspecified atom stereocenters. The summed E-state index contributed by atoms with van der Waals surface area (Å²) < 4.78 is 15.6. The number of furan rings is 1. The van der Waals surface area contributed by atoms with Gasteiger partial charge >= 0.3 is 5.97 Å². The van der Waals surface area contributed by atoms with Gasteiger partial charge in [0.2, 0.25) is 11.7 Å². The molecule has 0 aliphatic heterocycles. The van der Waals surface area contributed by atoms with E-state index in [1.54, 1.807) is 13.2 Å². The van der Waals surface area contributed by atoms with Gasteiger partial charge in [-0.05, 0) is 31.4 Å². The van der Waals surface area contributed by atoms with E-state index >= 15 is 0 Å². The second-order valence-corrected chi connectivity index (χ2v) is 4.86. The van der Waals surface area contributed by atoms with Gasteiger partial charge in [0.15, 0.2) is 5.76 Å². The van der Waals surface area contributed by atoms with Crippen molar-refractivity contribution in [2.24, 2.45) is 5.92 Å². The molecule has 0 fully saturated rings. The van der Waals surface area contributed by atoms with Gasteiger partial charge in [0.05, 0.1) is 12.9 Å². The Balaban J connectivity index is 2.30. The van der Waals surface area contributed by atoms with Crippen molar-refractivity contribution in [3.05, 3.63) is 23.8 Å². The Kier molecular flexibility index (Phi) is 4.22. The zero-order chi connectivity index (χ0) is 14.7. The first-order valence-corrected chi connectivity index (χ1v) is 6.59. The van der Waals surface area contributed by atoms with Crippen LogP contribution in [0.5, 0.6) is 0 Å². The fraction of sp³-hybridized carbons (Fsp3) is 0.500. The van der Waals surface area contributed by atoms with E-state index in [1.807, 2.05) is 26.8 Å². The lowest BCUT2D eigenvalue weighted by Gasteiger charge is -2.14. The van der Waals surface area contributed by atoms with Gasteiger partial charge < -0.3 is 13.7 Å². The molecule has 108 valence electrons. The molecule has 0 spiro atoms. The van der Waals surface area contributed by atoms with Crippen molar-refractivity contribution in [1.82, 2.24) is 10.1 Å². The zero-order valence-electron chi connectivity index (χ0n) is 12.0. The van der Waals surface area contributed by atoms with Crippen molar-refractivity contribution in [2.45, 2.75) is 33.6 Å². The number of ether oxygens (including phenoxy) is 1. The normalized spacial score (nSPS) is 12.7. The first-order valence-electron chi connectivity index (χ1n) is 6.59. The fourth-order valence-electron chi connectivity index (χ4n) is 1.95. The number of hydrogen-bond acceptors (Lipinski definition) is 6. The van der Waals surface area contributed by atoms with Gasteiger partial charge in [-0.3, -0.25) is 4.79 Å². The molecule has 6 nitrogen and oxygen atoms in total. The Morgan fingerprint density at radius 1 is 1.45 bits per heavy atom. The molecule has 0 aliphatic carbocycles. The molecular formula is C14H18N2O4. The smallest absolute Gasteiger partial charge is 0.318 e. The molecule has 0 radical (unpaired) electrons. The zero-order valence-corrected chi connectivity index (χ0v) is 12.0. The molecule has 0 saturated carbocycles. The Morgan fingerprint density at radius 2 is 2.20 bits per heavy atom.